The van der Waals surface area contributed by atoms with Crippen LogP contribution in [0, 0.1) is 0 Å². The molecule has 0 aliphatic heterocycles. The van der Waals surface area contributed by atoms with Gasteiger partial charge in [-0.05, 0) is 29.3 Å². The van der Waals surface area contributed by atoms with E-state index in [1.54, 1.807) is 25.6 Å². The molecule has 4 heteroatoms. The molecule has 0 saturated heterocycles. The number of ether oxygens (including phenoxy) is 1. The summed E-state index contributed by atoms with van der Waals surface area (Å²) in [4.78, 5) is 18.5. The molecule has 0 amide bonds. The molecule has 1 heterocycles. The van der Waals surface area contributed by atoms with Crippen LogP contribution in [0.1, 0.15) is 17.2 Å². The maximum Gasteiger partial charge on any atom is 0.235 e. The minimum atomic E-state index is -0.243. The van der Waals surface area contributed by atoms with Gasteiger partial charge in [-0.2, -0.15) is 4.99 Å². The predicted molar refractivity (Wildman–Crippen MR) is 71.8 cm³/mol. The number of nitrogens with zero attached hydrogens (tertiary/aromatic N) is 2. The molecular weight excluding hydrogens is 240 g/mol. The van der Waals surface area contributed by atoms with Gasteiger partial charge in [-0.3, -0.25) is 4.98 Å². The zero-order valence-electron chi connectivity index (χ0n) is 10.6. The molecule has 0 spiro atoms. The zero-order chi connectivity index (χ0) is 13.5. The summed E-state index contributed by atoms with van der Waals surface area (Å²) in [6.45, 7) is 0. The third kappa shape index (κ3) is 3.50. The van der Waals surface area contributed by atoms with Crippen LogP contribution in [0.15, 0.2) is 53.8 Å². The molecule has 0 fully saturated rings. The van der Waals surface area contributed by atoms with E-state index < -0.39 is 0 Å². The molecule has 0 radical (unpaired) electrons. The van der Waals surface area contributed by atoms with Crippen molar-refractivity contribution in [3.8, 4) is 5.75 Å². The number of aromatic nitrogens is 1. The van der Waals surface area contributed by atoms with E-state index in [9.17, 15) is 4.79 Å². The molecule has 19 heavy (non-hydrogen) atoms. The second-order valence-corrected chi connectivity index (χ2v) is 4.07. The number of benzene rings is 1. The first-order chi connectivity index (χ1) is 9.33. The maximum absolute atomic E-state index is 10.6. The number of aliphatic imine (C=N–C) groups is 1. The Hall–Kier alpha value is -2.45. The van der Waals surface area contributed by atoms with E-state index in [2.05, 4.69) is 9.98 Å². The summed E-state index contributed by atoms with van der Waals surface area (Å²) in [6.07, 6.45) is 5.75. The van der Waals surface area contributed by atoms with Gasteiger partial charge in [-0.15, -0.1) is 0 Å². The summed E-state index contributed by atoms with van der Waals surface area (Å²) in [6, 6.07) is 11.1. The highest BCUT2D eigenvalue weighted by atomic mass is 16.5. The molecule has 96 valence electrons. The van der Waals surface area contributed by atoms with Gasteiger partial charge in [0, 0.05) is 18.8 Å². The Balaban J connectivity index is 2.21. The van der Waals surface area contributed by atoms with Crippen molar-refractivity contribution >= 4 is 6.08 Å². The lowest BCUT2D eigenvalue weighted by atomic mass is 10.0. The molecule has 1 aromatic carbocycles. The van der Waals surface area contributed by atoms with Crippen LogP contribution in [0.3, 0.4) is 0 Å². The third-order valence-corrected chi connectivity index (χ3v) is 2.86. The molecule has 4 nitrogen and oxygen atoms in total. The fourth-order valence-corrected chi connectivity index (χ4v) is 1.87. The van der Waals surface area contributed by atoms with Crippen LogP contribution in [-0.2, 0) is 11.2 Å². The maximum atomic E-state index is 10.6. The topological polar surface area (TPSA) is 51.6 Å². The number of isocyanates is 1. The Labute approximate surface area is 111 Å². The molecule has 0 aliphatic carbocycles. The van der Waals surface area contributed by atoms with Crippen molar-refractivity contribution in [1.82, 2.24) is 4.98 Å². The zero-order valence-corrected chi connectivity index (χ0v) is 10.6. The number of rotatable bonds is 5. The Morgan fingerprint density at radius 1 is 1.32 bits per heavy atom. The minimum absolute atomic E-state index is 0.243. The average molecular weight is 254 g/mol. The summed E-state index contributed by atoms with van der Waals surface area (Å²) in [5.74, 6) is 0.777. The smallest absolute Gasteiger partial charge is 0.235 e. The molecule has 0 bridgehead atoms. The predicted octanol–water partition coefficient (Wildman–Crippen LogP) is 2.71. The average Bonchev–Trinajstić information content (AvgIpc) is 2.48. The molecule has 1 atom stereocenters. The van der Waals surface area contributed by atoms with Crippen molar-refractivity contribution in [3.63, 3.8) is 0 Å². The highest BCUT2D eigenvalue weighted by Crippen LogP contribution is 2.23. The molecule has 0 N–H and O–H groups in total. The molecule has 2 aromatic rings. The van der Waals surface area contributed by atoms with E-state index in [1.807, 2.05) is 36.4 Å². The van der Waals surface area contributed by atoms with E-state index in [-0.39, 0.29) is 6.04 Å². The fraction of sp³-hybridized carbons (Fsp3) is 0.200. The van der Waals surface area contributed by atoms with Gasteiger partial charge in [0.2, 0.25) is 6.08 Å². The monoisotopic (exact) mass is 254 g/mol. The van der Waals surface area contributed by atoms with E-state index >= 15 is 0 Å². The van der Waals surface area contributed by atoms with Crippen molar-refractivity contribution in [3.05, 3.63) is 59.9 Å². The van der Waals surface area contributed by atoms with Gasteiger partial charge in [0.05, 0.1) is 13.2 Å². The lowest BCUT2D eigenvalue weighted by Gasteiger charge is -2.11. The van der Waals surface area contributed by atoms with Crippen molar-refractivity contribution in [2.45, 2.75) is 12.5 Å². The van der Waals surface area contributed by atoms with Crippen LogP contribution in [0.2, 0.25) is 0 Å². The highest BCUT2D eigenvalue weighted by Gasteiger charge is 2.11. The Morgan fingerprint density at radius 2 is 2.11 bits per heavy atom. The first kappa shape index (κ1) is 13.0. The van der Waals surface area contributed by atoms with Crippen molar-refractivity contribution in [2.24, 2.45) is 4.99 Å². The molecule has 1 aromatic heterocycles. The summed E-state index contributed by atoms with van der Waals surface area (Å²) in [5.41, 5.74) is 1.98. The number of hydrogen-bond donors (Lipinski definition) is 0. The van der Waals surface area contributed by atoms with Crippen LogP contribution in [0.4, 0.5) is 0 Å². The first-order valence-electron chi connectivity index (χ1n) is 5.93. The van der Waals surface area contributed by atoms with Crippen molar-refractivity contribution in [1.29, 1.82) is 0 Å². The lowest BCUT2D eigenvalue weighted by molar-refractivity contribution is 0.414. The van der Waals surface area contributed by atoms with Crippen LogP contribution in [-0.4, -0.2) is 18.2 Å². The number of carbonyl (C=O) groups excluding carboxylic acids is 1. The van der Waals surface area contributed by atoms with E-state index in [0.717, 1.165) is 16.9 Å². The van der Waals surface area contributed by atoms with Crippen LogP contribution >= 0.6 is 0 Å². The van der Waals surface area contributed by atoms with Gasteiger partial charge in [0.1, 0.15) is 5.75 Å². The Kier molecular flexibility index (Phi) is 4.43. The third-order valence-electron chi connectivity index (χ3n) is 2.86. The van der Waals surface area contributed by atoms with Crippen LogP contribution in [0.25, 0.3) is 0 Å². The first-order valence-corrected chi connectivity index (χ1v) is 5.93. The Morgan fingerprint density at radius 3 is 2.68 bits per heavy atom. The van der Waals surface area contributed by atoms with Gasteiger partial charge in [0.25, 0.3) is 0 Å². The lowest BCUT2D eigenvalue weighted by Crippen LogP contribution is -2.00. The van der Waals surface area contributed by atoms with Gasteiger partial charge in [0.15, 0.2) is 0 Å². The second kappa shape index (κ2) is 6.47. The molecular formula is C15H14N2O2. The quantitative estimate of drug-likeness (QED) is 0.609. The molecule has 2 rings (SSSR count). The van der Waals surface area contributed by atoms with Gasteiger partial charge < -0.3 is 4.74 Å². The van der Waals surface area contributed by atoms with Gasteiger partial charge in [-0.1, -0.05) is 18.2 Å². The second-order valence-electron chi connectivity index (χ2n) is 4.07. The van der Waals surface area contributed by atoms with Crippen LogP contribution < -0.4 is 4.74 Å². The van der Waals surface area contributed by atoms with Gasteiger partial charge in [-0.25, -0.2) is 4.79 Å². The highest BCUT2D eigenvalue weighted by molar-refractivity contribution is 5.37. The number of methoxy groups -OCH3 is 1. The van der Waals surface area contributed by atoms with Gasteiger partial charge >= 0.3 is 0 Å². The van der Waals surface area contributed by atoms with E-state index in [0.29, 0.717) is 6.42 Å². The summed E-state index contributed by atoms with van der Waals surface area (Å²) in [7, 11) is 1.62. The fourth-order valence-electron chi connectivity index (χ4n) is 1.87. The summed E-state index contributed by atoms with van der Waals surface area (Å²) < 4.78 is 5.11. The molecule has 0 saturated carbocycles. The summed E-state index contributed by atoms with van der Waals surface area (Å²) >= 11 is 0. The molecule has 1 unspecified atom stereocenters. The SMILES string of the molecule is COc1ccc(C(Cc2cccnc2)N=C=O)cc1. The minimum Gasteiger partial charge on any atom is -0.497 e. The number of pyridine rings is 1. The van der Waals surface area contributed by atoms with E-state index in [1.165, 1.54) is 0 Å². The summed E-state index contributed by atoms with van der Waals surface area (Å²) in [5, 5.41) is 0. The number of hydrogen-bond acceptors (Lipinski definition) is 4. The molecule has 0 aliphatic rings. The van der Waals surface area contributed by atoms with Crippen molar-refractivity contribution < 1.29 is 9.53 Å². The standard InChI is InChI=1S/C15H14N2O2/c1-19-14-6-4-13(5-7-14)15(17-11-18)9-12-3-2-8-16-10-12/h2-8,10,15H,9H2,1H3. The van der Waals surface area contributed by atoms with Crippen molar-refractivity contribution in [2.75, 3.05) is 7.11 Å². The van der Waals surface area contributed by atoms with E-state index in [4.69, 9.17) is 4.74 Å². The van der Waals surface area contributed by atoms with Crippen LogP contribution in [0.5, 0.6) is 5.75 Å². The Bertz CT molecular complexity index is 560. The normalized spacial score (nSPS) is 11.4. The largest absolute Gasteiger partial charge is 0.497 e.